The summed E-state index contributed by atoms with van der Waals surface area (Å²) in [6.07, 6.45) is 1.59. The summed E-state index contributed by atoms with van der Waals surface area (Å²) in [6, 6.07) is 11.1. The number of hydrogen-bond acceptors (Lipinski definition) is 5. The van der Waals surface area contributed by atoms with E-state index < -0.39 is 0 Å². The number of benzene rings is 1. The zero-order chi connectivity index (χ0) is 20.6. The van der Waals surface area contributed by atoms with Crippen LogP contribution in [-0.2, 0) is 19.6 Å². The average Bonchev–Trinajstić information content (AvgIpc) is 3.35. The summed E-state index contributed by atoms with van der Waals surface area (Å²) < 4.78 is 5.24. The Bertz CT molecular complexity index is 985. The number of amides is 1. The van der Waals surface area contributed by atoms with Crippen LogP contribution < -0.4 is 16.0 Å². The quantitative estimate of drug-likeness (QED) is 0.242. The van der Waals surface area contributed by atoms with E-state index in [-0.39, 0.29) is 29.9 Å². The van der Waals surface area contributed by atoms with Gasteiger partial charge in [-0.2, -0.15) is 0 Å². The lowest BCUT2D eigenvalue weighted by Crippen LogP contribution is -2.36. The number of aliphatic imine (C=N–C) groups is 1. The van der Waals surface area contributed by atoms with E-state index in [1.807, 2.05) is 38.1 Å². The van der Waals surface area contributed by atoms with E-state index in [1.165, 1.54) is 4.88 Å². The van der Waals surface area contributed by atoms with E-state index >= 15 is 0 Å². The SMILES string of the molecule is CN=C(NCc1cccc(C(=O)NCc2ccco2)c1)NCc1sc(C)nc1C.I. The zero-order valence-corrected chi connectivity index (χ0v) is 20.3. The third-order valence-corrected chi connectivity index (χ3v) is 5.36. The molecule has 0 aliphatic heterocycles. The number of furan rings is 1. The molecule has 0 bridgehead atoms. The third kappa shape index (κ3) is 6.84. The second-order valence-corrected chi connectivity index (χ2v) is 7.77. The lowest BCUT2D eigenvalue weighted by molar-refractivity contribution is 0.0948. The molecule has 0 aliphatic carbocycles. The van der Waals surface area contributed by atoms with E-state index in [0.717, 1.165) is 22.0 Å². The van der Waals surface area contributed by atoms with Crippen LogP contribution in [0.2, 0.25) is 0 Å². The molecule has 160 valence electrons. The predicted molar refractivity (Wildman–Crippen MR) is 130 cm³/mol. The summed E-state index contributed by atoms with van der Waals surface area (Å²) in [7, 11) is 1.73. The van der Waals surface area contributed by atoms with Crippen LogP contribution in [0.25, 0.3) is 0 Å². The predicted octanol–water partition coefficient (Wildman–Crippen LogP) is 3.77. The summed E-state index contributed by atoms with van der Waals surface area (Å²) in [5, 5.41) is 10.5. The third-order valence-electron chi connectivity index (χ3n) is 4.29. The standard InChI is InChI=1S/C21H25N5O2S.HI/c1-14-19(29-15(2)26-14)13-25-21(22-3)24-11-16-6-4-7-17(10-16)20(27)23-12-18-8-5-9-28-18;/h4-10H,11-13H2,1-3H3,(H,23,27)(H2,22,24,25);1H. The first-order valence-corrected chi connectivity index (χ1v) is 10.1. The molecule has 0 radical (unpaired) electrons. The minimum atomic E-state index is -0.137. The Labute approximate surface area is 197 Å². The lowest BCUT2D eigenvalue weighted by atomic mass is 10.1. The number of rotatable bonds is 7. The van der Waals surface area contributed by atoms with Crippen LogP contribution in [0, 0.1) is 13.8 Å². The lowest BCUT2D eigenvalue weighted by Gasteiger charge is -2.12. The molecule has 0 aliphatic rings. The van der Waals surface area contributed by atoms with Crippen LogP contribution in [0.1, 0.15) is 37.3 Å². The fraction of sp³-hybridized carbons (Fsp3) is 0.286. The number of nitrogens with zero attached hydrogens (tertiary/aromatic N) is 2. The normalized spacial score (nSPS) is 11.0. The fourth-order valence-electron chi connectivity index (χ4n) is 2.81. The maximum Gasteiger partial charge on any atom is 0.251 e. The van der Waals surface area contributed by atoms with E-state index in [9.17, 15) is 4.79 Å². The highest BCUT2D eigenvalue weighted by Gasteiger charge is 2.08. The van der Waals surface area contributed by atoms with Crippen LogP contribution in [-0.4, -0.2) is 23.9 Å². The van der Waals surface area contributed by atoms with Gasteiger partial charge < -0.3 is 20.4 Å². The van der Waals surface area contributed by atoms with E-state index in [4.69, 9.17) is 4.42 Å². The molecule has 3 rings (SSSR count). The average molecular weight is 539 g/mol. The molecule has 7 nitrogen and oxygen atoms in total. The Morgan fingerprint density at radius 2 is 1.90 bits per heavy atom. The van der Waals surface area contributed by atoms with Gasteiger partial charge in [-0.1, -0.05) is 12.1 Å². The van der Waals surface area contributed by atoms with Crippen LogP contribution >= 0.6 is 35.3 Å². The molecule has 3 N–H and O–H groups in total. The molecular weight excluding hydrogens is 513 g/mol. The van der Waals surface area contributed by atoms with Gasteiger partial charge in [-0.25, -0.2) is 4.98 Å². The molecule has 2 heterocycles. The maximum absolute atomic E-state index is 12.4. The first-order valence-electron chi connectivity index (χ1n) is 9.32. The molecule has 0 fully saturated rings. The van der Waals surface area contributed by atoms with Gasteiger partial charge in [0.25, 0.3) is 5.91 Å². The Balaban J connectivity index is 0.00000320. The van der Waals surface area contributed by atoms with Crippen molar-refractivity contribution < 1.29 is 9.21 Å². The molecule has 9 heteroatoms. The maximum atomic E-state index is 12.4. The Kier molecular flexibility index (Phi) is 9.31. The van der Waals surface area contributed by atoms with E-state index in [2.05, 4.69) is 25.9 Å². The number of carbonyl (C=O) groups is 1. The van der Waals surface area contributed by atoms with Crippen molar-refractivity contribution in [2.75, 3.05) is 7.05 Å². The number of aryl methyl sites for hydroxylation is 2. The van der Waals surface area contributed by atoms with Crippen molar-refractivity contribution in [1.29, 1.82) is 0 Å². The molecule has 3 aromatic rings. The number of carbonyl (C=O) groups excluding carboxylic acids is 1. The van der Waals surface area contributed by atoms with Crippen molar-refractivity contribution in [1.82, 2.24) is 20.9 Å². The molecule has 0 atom stereocenters. The summed E-state index contributed by atoms with van der Waals surface area (Å²) >= 11 is 1.68. The first kappa shape index (κ1) is 23.9. The zero-order valence-electron chi connectivity index (χ0n) is 17.2. The number of thiazole rings is 1. The topological polar surface area (TPSA) is 91.5 Å². The molecular formula is C21H26IN5O2S. The van der Waals surface area contributed by atoms with Crippen LogP contribution in [0.5, 0.6) is 0 Å². The fourth-order valence-corrected chi connectivity index (χ4v) is 3.69. The molecule has 1 aromatic carbocycles. The number of nitrogens with one attached hydrogen (secondary N) is 3. The summed E-state index contributed by atoms with van der Waals surface area (Å²) in [4.78, 5) is 22.3. The number of guanidine groups is 1. The van der Waals surface area contributed by atoms with E-state index in [1.54, 1.807) is 36.8 Å². The van der Waals surface area contributed by atoms with Crippen LogP contribution in [0.4, 0.5) is 0 Å². The van der Waals surface area contributed by atoms with Gasteiger partial charge in [-0.05, 0) is 43.7 Å². The smallest absolute Gasteiger partial charge is 0.251 e. The highest BCUT2D eigenvalue weighted by atomic mass is 127. The second kappa shape index (κ2) is 11.7. The molecule has 0 saturated carbocycles. The molecule has 1 amide bonds. The molecule has 0 unspecified atom stereocenters. The minimum absolute atomic E-state index is 0. The van der Waals surface area contributed by atoms with Gasteiger partial charge in [0.15, 0.2) is 5.96 Å². The highest BCUT2D eigenvalue weighted by Crippen LogP contribution is 2.16. The minimum Gasteiger partial charge on any atom is -0.467 e. The van der Waals surface area contributed by atoms with Gasteiger partial charge in [0.05, 0.1) is 30.1 Å². The van der Waals surface area contributed by atoms with Gasteiger partial charge in [-0.3, -0.25) is 9.79 Å². The van der Waals surface area contributed by atoms with Gasteiger partial charge in [-0.15, -0.1) is 35.3 Å². The Morgan fingerprint density at radius 3 is 2.57 bits per heavy atom. The van der Waals surface area contributed by atoms with Crippen molar-refractivity contribution in [3.8, 4) is 0 Å². The highest BCUT2D eigenvalue weighted by molar-refractivity contribution is 14.0. The molecule has 30 heavy (non-hydrogen) atoms. The summed E-state index contributed by atoms with van der Waals surface area (Å²) in [5.74, 6) is 1.28. The Hall–Kier alpha value is -2.40. The van der Waals surface area contributed by atoms with Crippen molar-refractivity contribution in [3.63, 3.8) is 0 Å². The number of halogens is 1. The second-order valence-electron chi connectivity index (χ2n) is 6.48. The summed E-state index contributed by atoms with van der Waals surface area (Å²) in [5.41, 5.74) is 2.64. The van der Waals surface area contributed by atoms with Gasteiger partial charge in [0.1, 0.15) is 5.76 Å². The van der Waals surface area contributed by atoms with Crippen molar-refractivity contribution in [2.45, 2.75) is 33.5 Å². The van der Waals surface area contributed by atoms with Gasteiger partial charge in [0, 0.05) is 24.0 Å². The van der Waals surface area contributed by atoms with Crippen LogP contribution in [0.15, 0.2) is 52.1 Å². The molecule has 0 spiro atoms. The number of aromatic nitrogens is 1. The summed E-state index contributed by atoms with van der Waals surface area (Å²) in [6.45, 7) is 5.61. The van der Waals surface area contributed by atoms with Gasteiger partial charge in [0.2, 0.25) is 0 Å². The van der Waals surface area contributed by atoms with Crippen molar-refractivity contribution in [3.05, 3.63) is 75.1 Å². The van der Waals surface area contributed by atoms with Gasteiger partial charge >= 0.3 is 0 Å². The number of hydrogen-bond donors (Lipinski definition) is 3. The Morgan fingerprint density at radius 1 is 1.10 bits per heavy atom. The van der Waals surface area contributed by atoms with E-state index in [0.29, 0.717) is 31.2 Å². The van der Waals surface area contributed by atoms with Crippen molar-refractivity contribution in [2.24, 2.45) is 4.99 Å². The van der Waals surface area contributed by atoms with Crippen molar-refractivity contribution >= 4 is 47.2 Å². The molecule has 0 saturated heterocycles. The monoisotopic (exact) mass is 539 g/mol. The molecule has 2 aromatic heterocycles. The largest absolute Gasteiger partial charge is 0.467 e. The van der Waals surface area contributed by atoms with Crippen LogP contribution in [0.3, 0.4) is 0 Å². The first-order chi connectivity index (χ1) is 14.0.